The molecule has 0 aromatic carbocycles. The minimum absolute atomic E-state index is 0.0614. The van der Waals surface area contributed by atoms with E-state index >= 15 is 8.78 Å². The van der Waals surface area contributed by atoms with Crippen LogP contribution in [0.15, 0.2) is 23.8 Å². The van der Waals surface area contributed by atoms with Gasteiger partial charge in [-0.15, -0.1) is 0 Å². The lowest BCUT2D eigenvalue weighted by molar-refractivity contribution is -0.228. The van der Waals surface area contributed by atoms with Crippen LogP contribution in [0.25, 0.3) is 0 Å². The van der Waals surface area contributed by atoms with Gasteiger partial charge in [0, 0.05) is 29.1 Å². The van der Waals surface area contributed by atoms with E-state index in [1.807, 2.05) is 6.92 Å². The molecular formula is C25H32F2O5S. The summed E-state index contributed by atoms with van der Waals surface area (Å²) >= 11 is 0.956. The highest BCUT2D eigenvalue weighted by Crippen LogP contribution is 2.72. The van der Waals surface area contributed by atoms with Gasteiger partial charge in [0.2, 0.25) is 5.12 Å². The molecule has 1 unspecified atom stereocenters. The number of allylic oxidation sites excluding steroid dienone is 4. The van der Waals surface area contributed by atoms with Crippen LogP contribution in [-0.4, -0.2) is 51.8 Å². The van der Waals surface area contributed by atoms with Gasteiger partial charge in [0.1, 0.15) is 6.17 Å². The predicted molar refractivity (Wildman–Crippen MR) is 121 cm³/mol. The first kappa shape index (κ1) is 24.6. The number of carbonyl (C=O) groups excluding carboxylic acids is 3. The third-order valence-corrected chi connectivity index (χ3v) is 9.89. The largest absolute Gasteiger partial charge is 0.449 e. The average Bonchev–Trinajstić information content (AvgIpc) is 2.98. The van der Waals surface area contributed by atoms with Gasteiger partial charge in [-0.3, -0.25) is 14.4 Å². The molecule has 0 amide bonds. The SMILES string of the molecule is CCC(=O)O[C@]1(C(=O)SC)[C@H](C)C[C@H]2C3C[C@H](F)C4=CC(=O)C=C[C@]4(C)[C@@]3(F)[C@@H](O)C[C@@]21C. The zero-order valence-electron chi connectivity index (χ0n) is 19.7. The molecule has 0 aromatic heterocycles. The molecular weight excluding hydrogens is 450 g/mol. The van der Waals surface area contributed by atoms with E-state index in [1.165, 1.54) is 12.2 Å². The van der Waals surface area contributed by atoms with Crippen molar-refractivity contribution in [2.75, 3.05) is 6.26 Å². The lowest BCUT2D eigenvalue weighted by atomic mass is 9.44. The molecule has 9 atom stereocenters. The normalized spacial score (nSPS) is 48.4. The number of aliphatic hydroxyl groups is 1. The second-order valence-corrected chi connectivity index (χ2v) is 11.3. The molecule has 0 saturated heterocycles. The maximum absolute atomic E-state index is 17.2. The molecule has 3 saturated carbocycles. The number of rotatable bonds is 3. The fraction of sp³-hybridized carbons (Fsp3) is 0.720. The summed E-state index contributed by atoms with van der Waals surface area (Å²) in [5.74, 6) is -2.77. The van der Waals surface area contributed by atoms with Crippen molar-refractivity contribution in [3.8, 4) is 0 Å². The fourth-order valence-corrected chi connectivity index (χ4v) is 8.40. The molecule has 0 aromatic rings. The molecule has 1 N–H and O–H groups in total. The van der Waals surface area contributed by atoms with Crippen LogP contribution < -0.4 is 0 Å². The van der Waals surface area contributed by atoms with Gasteiger partial charge in [0.15, 0.2) is 17.1 Å². The highest BCUT2D eigenvalue weighted by atomic mass is 32.2. The van der Waals surface area contributed by atoms with Crippen LogP contribution >= 0.6 is 11.8 Å². The molecule has 8 heteroatoms. The smallest absolute Gasteiger partial charge is 0.306 e. The molecule has 0 aliphatic heterocycles. The van der Waals surface area contributed by atoms with E-state index in [0.29, 0.717) is 6.42 Å². The monoisotopic (exact) mass is 482 g/mol. The Labute approximate surface area is 197 Å². The van der Waals surface area contributed by atoms with E-state index in [-0.39, 0.29) is 30.0 Å². The molecule has 0 bridgehead atoms. The predicted octanol–water partition coefficient (Wildman–Crippen LogP) is 4.13. The highest BCUT2D eigenvalue weighted by molar-refractivity contribution is 8.13. The number of hydrogen-bond acceptors (Lipinski definition) is 6. The van der Waals surface area contributed by atoms with Gasteiger partial charge in [-0.05, 0) is 56.1 Å². The quantitative estimate of drug-likeness (QED) is 0.610. The van der Waals surface area contributed by atoms with E-state index in [0.717, 1.165) is 17.8 Å². The summed E-state index contributed by atoms with van der Waals surface area (Å²) in [6.07, 6.45) is 2.45. The number of hydrogen-bond donors (Lipinski definition) is 1. The van der Waals surface area contributed by atoms with E-state index in [1.54, 1.807) is 27.0 Å². The third-order valence-electron chi connectivity index (χ3n) is 9.22. The van der Waals surface area contributed by atoms with Crippen LogP contribution in [0.1, 0.15) is 53.4 Å². The molecule has 0 radical (unpaired) electrons. The van der Waals surface area contributed by atoms with Crippen molar-refractivity contribution in [2.45, 2.75) is 76.9 Å². The number of fused-ring (bicyclic) bond motifs is 5. The highest BCUT2D eigenvalue weighted by Gasteiger charge is 2.78. The van der Waals surface area contributed by atoms with E-state index < -0.39 is 63.9 Å². The Kier molecular flexibility index (Phi) is 5.76. The number of esters is 1. The Morgan fingerprint density at radius 1 is 1.27 bits per heavy atom. The van der Waals surface area contributed by atoms with Crippen LogP contribution in [0.4, 0.5) is 8.78 Å². The molecule has 0 heterocycles. The van der Waals surface area contributed by atoms with Crippen LogP contribution in [-0.2, 0) is 19.1 Å². The number of carbonyl (C=O) groups is 3. The minimum Gasteiger partial charge on any atom is -0.449 e. The van der Waals surface area contributed by atoms with Crippen molar-refractivity contribution < 1.29 is 33.0 Å². The molecule has 182 valence electrons. The Morgan fingerprint density at radius 2 is 1.94 bits per heavy atom. The Hall–Kier alpha value is -1.54. The molecule has 4 rings (SSSR count). The van der Waals surface area contributed by atoms with E-state index in [2.05, 4.69) is 0 Å². The summed E-state index contributed by atoms with van der Waals surface area (Å²) in [7, 11) is 0. The van der Waals surface area contributed by atoms with Gasteiger partial charge in [-0.25, -0.2) is 8.78 Å². The topological polar surface area (TPSA) is 80.7 Å². The summed E-state index contributed by atoms with van der Waals surface area (Å²) in [5.41, 5.74) is -6.25. The number of aliphatic hydroxyl groups excluding tert-OH is 1. The van der Waals surface area contributed by atoms with Gasteiger partial charge in [-0.2, -0.15) is 0 Å². The van der Waals surface area contributed by atoms with Gasteiger partial charge in [0.05, 0.1) is 6.10 Å². The van der Waals surface area contributed by atoms with E-state index in [9.17, 15) is 19.5 Å². The lowest BCUT2D eigenvalue weighted by Gasteiger charge is -2.63. The minimum atomic E-state index is -2.23. The van der Waals surface area contributed by atoms with Gasteiger partial charge in [-0.1, -0.05) is 38.6 Å². The first-order valence-corrected chi connectivity index (χ1v) is 12.8. The van der Waals surface area contributed by atoms with Crippen LogP contribution in [0.3, 0.4) is 0 Å². The van der Waals surface area contributed by atoms with Crippen molar-refractivity contribution in [3.05, 3.63) is 23.8 Å². The van der Waals surface area contributed by atoms with Crippen LogP contribution in [0.5, 0.6) is 0 Å². The Balaban J connectivity index is 1.88. The van der Waals surface area contributed by atoms with Crippen molar-refractivity contribution in [1.29, 1.82) is 0 Å². The van der Waals surface area contributed by atoms with Crippen molar-refractivity contribution >= 4 is 28.6 Å². The first-order chi connectivity index (χ1) is 15.3. The molecule has 0 spiro atoms. The number of ketones is 1. The van der Waals surface area contributed by atoms with Gasteiger partial charge >= 0.3 is 5.97 Å². The molecule has 4 aliphatic carbocycles. The number of ether oxygens (including phenoxy) is 1. The molecule has 4 aliphatic rings. The second kappa shape index (κ2) is 7.74. The fourth-order valence-electron chi connectivity index (χ4n) is 7.62. The maximum atomic E-state index is 17.2. The van der Waals surface area contributed by atoms with E-state index in [4.69, 9.17) is 4.74 Å². The number of thioether (sulfide) groups is 1. The molecule has 3 fully saturated rings. The maximum Gasteiger partial charge on any atom is 0.306 e. The standard InChI is InChI=1S/C25H32F2O5S/c1-6-20(30)32-25(21(31)33-5)13(2)9-15-16-11-18(26)17-10-14(28)7-8-22(17,3)24(16,27)19(29)12-23(15,25)4/h7-8,10,13,15-16,18-19,29H,6,9,11-12H2,1-5H3/t13-,15+,16?,18+,19+,22+,23+,24+,25+/m1/s1. The average molecular weight is 483 g/mol. The Bertz CT molecular complexity index is 964. The second-order valence-electron chi connectivity index (χ2n) is 10.6. The zero-order chi connectivity index (χ0) is 24.6. The molecule has 5 nitrogen and oxygen atoms in total. The van der Waals surface area contributed by atoms with Crippen LogP contribution in [0.2, 0.25) is 0 Å². The third kappa shape index (κ3) is 2.89. The zero-order valence-corrected chi connectivity index (χ0v) is 20.5. The molecule has 33 heavy (non-hydrogen) atoms. The lowest BCUT2D eigenvalue weighted by Crippen LogP contribution is -2.70. The summed E-state index contributed by atoms with van der Waals surface area (Å²) < 4.78 is 38.6. The summed E-state index contributed by atoms with van der Waals surface area (Å²) in [6, 6.07) is 0. The van der Waals surface area contributed by atoms with Crippen molar-refractivity contribution in [1.82, 2.24) is 0 Å². The van der Waals surface area contributed by atoms with Gasteiger partial charge < -0.3 is 9.84 Å². The van der Waals surface area contributed by atoms with Crippen LogP contribution in [0, 0.1) is 28.6 Å². The summed E-state index contributed by atoms with van der Waals surface area (Å²) in [4.78, 5) is 37.8. The number of halogens is 2. The summed E-state index contributed by atoms with van der Waals surface area (Å²) in [6.45, 7) is 6.78. The summed E-state index contributed by atoms with van der Waals surface area (Å²) in [5, 5.41) is 11.1. The van der Waals surface area contributed by atoms with Gasteiger partial charge in [0.25, 0.3) is 0 Å². The van der Waals surface area contributed by atoms with Crippen molar-refractivity contribution in [3.63, 3.8) is 0 Å². The number of alkyl halides is 2. The Morgan fingerprint density at radius 3 is 2.55 bits per heavy atom. The van der Waals surface area contributed by atoms with Crippen molar-refractivity contribution in [2.24, 2.45) is 28.6 Å². The first-order valence-electron chi connectivity index (χ1n) is 11.6.